The van der Waals surface area contributed by atoms with Crippen molar-refractivity contribution in [1.29, 1.82) is 0 Å². The third-order valence-corrected chi connectivity index (χ3v) is 2.43. The van der Waals surface area contributed by atoms with Gasteiger partial charge in [-0.2, -0.15) is 0 Å². The Labute approximate surface area is 102 Å². The molecule has 1 fully saturated rings. The van der Waals surface area contributed by atoms with Crippen LogP contribution in [0, 0.1) is 0 Å². The first kappa shape index (κ1) is 11.9. The molecule has 92 valence electrons. The van der Waals surface area contributed by atoms with E-state index >= 15 is 0 Å². The highest BCUT2D eigenvalue weighted by molar-refractivity contribution is 5.92. The molecule has 0 atom stereocenters. The highest BCUT2D eigenvalue weighted by Crippen LogP contribution is 2.24. The number of hydrogen-bond donors (Lipinski definition) is 2. The van der Waals surface area contributed by atoms with Gasteiger partial charge in [-0.15, -0.1) is 0 Å². The summed E-state index contributed by atoms with van der Waals surface area (Å²) in [5, 5.41) is 6.22. The molecule has 17 heavy (non-hydrogen) atoms. The summed E-state index contributed by atoms with van der Waals surface area (Å²) in [4.78, 5) is 16.0. The fraction of sp³-hybridized carbons (Fsp3) is 0.538. The molecule has 0 saturated heterocycles. The van der Waals surface area contributed by atoms with Gasteiger partial charge in [0.1, 0.15) is 5.69 Å². The molecule has 4 heteroatoms. The molecule has 0 aromatic carbocycles. The first-order valence-electron chi connectivity index (χ1n) is 5.99. The van der Waals surface area contributed by atoms with Gasteiger partial charge in [0.2, 0.25) is 0 Å². The zero-order valence-corrected chi connectivity index (χ0v) is 10.6. The van der Waals surface area contributed by atoms with Gasteiger partial charge < -0.3 is 10.6 Å². The van der Waals surface area contributed by atoms with Crippen molar-refractivity contribution in [3.8, 4) is 0 Å². The molecule has 4 nitrogen and oxygen atoms in total. The van der Waals surface area contributed by atoms with Gasteiger partial charge in [0, 0.05) is 11.6 Å². The lowest BCUT2D eigenvalue weighted by Gasteiger charge is -2.20. The van der Waals surface area contributed by atoms with Crippen molar-refractivity contribution in [2.75, 3.05) is 5.32 Å². The molecule has 2 N–H and O–H groups in total. The van der Waals surface area contributed by atoms with Crippen molar-refractivity contribution in [3.05, 3.63) is 24.0 Å². The molecule has 1 saturated carbocycles. The minimum Gasteiger partial charge on any atom is -0.381 e. The van der Waals surface area contributed by atoms with E-state index in [4.69, 9.17) is 0 Å². The normalized spacial score (nSPS) is 15.5. The molecular weight excluding hydrogens is 214 g/mol. The first-order chi connectivity index (χ1) is 7.94. The number of anilines is 1. The summed E-state index contributed by atoms with van der Waals surface area (Å²) in [5.74, 6) is -0.129. The number of carbonyl (C=O) groups is 1. The van der Waals surface area contributed by atoms with E-state index < -0.39 is 0 Å². The Bertz CT molecular complexity index is 402. The summed E-state index contributed by atoms with van der Waals surface area (Å²) in [6.07, 6.45) is 4.18. The van der Waals surface area contributed by atoms with E-state index in [1.165, 1.54) is 12.8 Å². The molecule has 1 amide bonds. The summed E-state index contributed by atoms with van der Waals surface area (Å²) in [7, 11) is 0. The Morgan fingerprint density at radius 1 is 1.35 bits per heavy atom. The van der Waals surface area contributed by atoms with Crippen LogP contribution in [0.3, 0.4) is 0 Å². The molecule has 1 aromatic heterocycles. The Kier molecular flexibility index (Phi) is 3.05. The van der Waals surface area contributed by atoms with Gasteiger partial charge in [-0.3, -0.25) is 4.79 Å². The largest absolute Gasteiger partial charge is 0.381 e. The average Bonchev–Trinajstić information content (AvgIpc) is 3.00. The van der Waals surface area contributed by atoms with Crippen molar-refractivity contribution < 1.29 is 4.79 Å². The van der Waals surface area contributed by atoms with E-state index in [0.717, 1.165) is 5.69 Å². The second-order valence-electron chi connectivity index (χ2n) is 5.55. The van der Waals surface area contributed by atoms with E-state index in [9.17, 15) is 4.79 Å². The lowest BCUT2D eigenvalue weighted by atomic mass is 10.1. The number of hydrogen-bond acceptors (Lipinski definition) is 3. The van der Waals surface area contributed by atoms with Crippen LogP contribution in [-0.4, -0.2) is 22.5 Å². The number of nitrogens with one attached hydrogen (secondary N) is 2. The zero-order valence-electron chi connectivity index (χ0n) is 10.6. The van der Waals surface area contributed by atoms with Crippen LogP contribution in [0.4, 0.5) is 5.69 Å². The van der Waals surface area contributed by atoms with Crippen molar-refractivity contribution >= 4 is 11.6 Å². The molecule has 0 bridgehead atoms. The summed E-state index contributed by atoms with van der Waals surface area (Å²) in [6, 6.07) is 4.26. The molecule has 1 heterocycles. The monoisotopic (exact) mass is 233 g/mol. The van der Waals surface area contributed by atoms with Gasteiger partial charge in [0.15, 0.2) is 0 Å². The van der Waals surface area contributed by atoms with Gasteiger partial charge in [-0.1, -0.05) is 0 Å². The van der Waals surface area contributed by atoms with Gasteiger partial charge in [-0.05, 0) is 45.7 Å². The number of aromatic nitrogens is 1. The molecule has 0 unspecified atom stereocenters. The van der Waals surface area contributed by atoms with Crippen molar-refractivity contribution in [1.82, 2.24) is 10.3 Å². The van der Waals surface area contributed by atoms with E-state index in [2.05, 4.69) is 15.6 Å². The quantitative estimate of drug-likeness (QED) is 0.841. The van der Waals surface area contributed by atoms with Crippen LogP contribution < -0.4 is 10.6 Å². The molecule has 0 aliphatic heterocycles. The number of pyridine rings is 1. The van der Waals surface area contributed by atoms with Crippen LogP contribution in [0.1, 0.15) is 44.1 Å². The van der Waals surface area contributed by atoms with Crippen LogP contribution in [0.5, 0.6) is 0 Å². The van der Waals surface area contributed by atoms with Crippen LogP contribution in [0.2, 0.25) is 0 Å². The lowest BCUT2D eigenvalue weighted by molar-refractivity contribution is 0.0914. The molecule has 0 radical (unpaired) electrons. The maximum absolute atomic E-state index is 11.8. The molecular formula is C13H19N3O. The van der Waals surface area contributed by atoms with Crippen molar-refractivity contribution in [3.63, 3.8) is 0 Å². The van der Waals surface area contributed by atoms with Gasteiger partial charge in [0.25, 0.3) is 5.91 Å². The number of nitrogens with zero attached hydrogens (tertiary/aromatic N) is 1. The van der Waals surface area contributed by atoms with E-state index in [1.54, 1.807) is 12.3 Å². The molecule has 1 aliphatic rings. The predicted octanol–water partition coefficient (Wildman–Crippen LogP) is 2.18. The fourth-order valence-electron chi connectivity index (χ4n) is 1.48. The number of rotatable bonds is 3. The second-order valence-corrected chi connectivity index (χ2v) is 5.55. The minimum absolute atomic E-state index is 0.129. The first-order valence-corrected chi connectivity index (χ1v) is 5.99. The van der Waals surface area contributed by atoms with E-state index in [1.807, 2.05) is 26.8 Å². The van der Waals surface area contributed by atoms with E-state index in [0.29, 0.717) is 11.7 Å². The lowest BCUT2D eigenvalue weighted by Crippen LogP contribution is -2.40. The van der Waals surface area contributed by atoms with E-state index in [-0.39, 0.29) is 11.4 Å². The third kappa shape index (κ3) is 3.73. The smallest absolute Gasteiger partial charge is 0.270 e. The summed E-state index contributed by atoms with van der Waals surface area (Å²) >= 11 is 0. The van der Waals surface area contributed by atoms with Crippen molar-refractivity contribution in [2.45, 2.75) is 45.2 Å². The van der Waals surface area contributed by atoms with Gasteiger partial charge in [0.05, 0.1) is 11.9 Å². The van der Waals surface area contributed by atoms with Crippen LogP contribution in [0.25, 0.3) is 0 Å². The summed E-state index contributed by atoms with van der Waals surface area (Å²) in [6.45, 7) is 5.86. The minimum atomic E-state index is -0.232. The number of amides is 1. The van der Waals surface area contributed by atoms with Gasteiger partial charge >= 0.3 is 0 Å². The number of carbonyl (C=O) groups excluding carboxylic acids is 1. The molecule has 0 spiro atoms. The Morgan fingerprint density at radius 3 is 2.53 bits per heavy atom. The molecule has 1 aromatic rings. The zero-order chi connectivity index (χ0) is 12.5. The van der Waals surface area contributed by atoms with Crippen molar-refractivity contribution in [2.24, 2.45) is 0 Å². The maximum atomic E-state index is 11.8. The van der Waals surface area contributed by atoms with Crippen LogP contribution in [0.15, 0.2) is 18.3 Å². The highest BCUT2D eigenvalue weighted by atomic mass is 16.2. The average molecular weight is 233 g/mol. The topological polar surface area (TPSA) is 54.0 Å². The summed E-state index contributed by atoms with van der Waals surface area (Å²) < 4.78 is 0. The highest BCUT2D eigenvalue weighted by Gasteiger charge is 2.21. The standard InChI is InChI=1S/C13H19N3O/c1-13(2,3)16-12(17)11-7-6-10(8-14-11)15-9-4-5-9/h6-9,15H,4-5H2,1-3H3,(H,16,17). The van der Waals surface area contributed by atoms with Gasteiger partial charge in [-0.25, -0.2) is 4.98 Å². The molecule has 2 rings (SSSR count). The molecule has 1 aliphatic carbocycles. The SMILES string of the molecule is CC(C)(C)NC(=O)c1ccc(NC2CC2)cn1. The second kappa shape index (κ2) is 4.35. The van der Waals surface area contributed by atoms with Crippen LogP contribution >= 0.6 is 0 Å². The fourth-order valence-corrected chi connectivity index (χ4v) is 1.48. The maximum Gasteiger partial charge on any atom is 0.270 e. The third-order valence-electron chi connectivity index (χ3n) is 2.43. The Hall–Kier alpha value is -1.58. The Balaban J connectivity index is 1.98. The Morgan fingerprint density at radius 2 is 2.06 bits per heavy atom. The van der Waals surface area contributed by atoms with Crippen LogP contribution in [-0.2, 0) is 0 Å². The summed E-state index contributed by atoms with van der Waals surface area (Å²) in [5.41, 5.74) is 1.21. The predicted molar refractivity (Wildman–Crippen MR) is 68.1 cm³/mol.